The van der Waals surface area contributed by atoms with Crippen LogP contribution in [0.15, 0.2) is 48.5 Å². The average Bonchev–Trinajstić information content (AvgIpc) is 2.65. The zero-order chi connectivity index (χ0) is 18.9. The molecule has 1 aliphatic rings. The van der Waals surface area contributed by atoms with E-state index < -0.39 is 35.2 Å². The van der Waals surface area contributed by atoms with Crippen LogP contribution in [-0.2, 0) is 11.0 Å². The number of para-hydroxylation sites is 2. The van der Waals surface area contributed by atoms with E-state index in [9.17, 15) is 22.8 Å². The molecule has 0 bridgehead atoms. The first-order valence-corrected chi connectivity index (χ1v) is 7.78. The van der Waals surface area contributed by atoms with Gasteiger partial charge < -0.3 is 15.0 Å². The first kappa shape index (κ1) is 17.8. The molecule has 0 saturated heterocycles. The monoisotopic (exact) mass is 364 g/mol. The van der Waals surface area contributed by atoms with Crippen molar-refractivity contribution < 1.29 is 27.5 Å². The molecule has 1 heterocycles. The van der Waals surface area contributed by atoms with Crippen LogP contribution in [0.1, 0.15) is 15.9 Å². The van der Waals surface area contributed by atoms with Crippen LogP contribution in [-0.4, -0.2) is 31.5 Å². The van der Waals surface area contributed by atoms with E-state index in [0.717, 1.165) is 17.0 Å². The summed E-state index contributed by atoms with van der Waals surface area (Å²) < 4.78 is 45.4. The largest absolute Gasteiger partial charge is 0.477 e. The lowest BCUT2D eigenvalue weighted by molar-refractivity contribution is -0.138. The Labute approximate surface area is 147 Å². The molecule has 0 fully saturated rings. The summed E-state index contributed by atoms with van der Waals surface area (Å²) in [5.41, 5.74) is -1.19. The lowest BCUT2D eigenvalue weighted by Crippen LogP contribution is -2.50. The highest BCUT2D eigenvalue weighted by Crippen LogP contribution is 2.37. The number of likely N-dealkylation sites (N-methyl/N-ethyl adjacent to an activating group) is 1. The van der Waals surface area contributed by atoms with Gasteiger partial charge >= 0.3 is 6.18 Å². The first-order valence-electron chi connectivity index (χ1n) is 7.78. The molecule has 1 N–H and O–H groups in total. The van der Waals surface area contributed by atoms with Crippen LogP contribution in [0, 0.1) is 0 Å². The maximum absolute atomic E-state index is 13.3. The van der Waals surface area contributed by atoms with Crippen molar-refractivity contribution in [3.63, 3.8) is 0 Å². The van der Waals surface area contributed by atoms with Crippen molar-refractivity contribution in [1.29, 1.82) is 0 Å². The number of hydrogen-bond acceptors (Lipinski definition) is 3. The number of benzene rings is 2. The number of nitrogens with one attached hydrogen (secondary N) is 1. The third kappa shape index (κ3) is 3.22. The predicted octanol–water partition coefficient (Wildman–Crippen LogP) is 2.86. The Balaban J connectivity index is 2.05. The highest BCUT2D eigenvalue weighted by atomic mass is 19.4. The first-order chi connectivity index (χ1) is 12.3. The summed E-state index contributed by atoms with van der Waals surface area (Å²) >= 11 is 0. The number of ether oxygens (including phenoxy) is 1. The molecule has 136 valence electrons. The molecule has 5 nitrogen and oxygen atoms in total. The fourth-order valence-electron chi connectivity index (χ4n) is 2.79. The predicted molar refractivity (Wildman–Crippen MR) is 88.0 cm³/mol. The molecule has 0 radical (unpaired) electrons. The standard InChI is InChI=1S/C18H15F3N2O3/c1-22-16(24)15-10-23(13-8-4-5-9-14(13)26-15)17(25)11-6-2-3-7-12(11)18(19,20)21/h2-9,15H,10H2,1H3,(H,22,24). The molecule has 1 atom stereocenters. The number of hydrogen-bond donors (Lipinski definition) is 1. The van der Waals surface area contributed by atoms with Crippen LogP contribution in [0.3, 0.4) is 0 Å². The Morgan fingerprint density at radius 3 is 2.46 bits per heavy atom. The molecule has 8 heteroatoms. The van der Waals surface area contributed by atoms with Crippen molar-refractivity contribution in [3.05, 3.63) is 59.7 Å². The van der Waals surface area contributed by atoms with Gasteiger partial charge in [-0.25, -0.2) is 0 Å². The molecule has 0 spiro atoms. The Morgan fingerprint density at radius 1 is 1.12 bits per heavy atom. The van der Waals surface area contributed by atoms with E-state index in [1.165, 1.54) is 19.2 Å². The number of carbonyl (C=O) groups excluding carboxylic acids is 2. The van der Waals surface area contributed by atoms with Gasteiger partial charge in [-0.3, -0.25) is 9.59 Å². The lowest BCUT2D eigenvalue weighted by Gasteiger charge is -2.34. The van der Waals surface area contributed by atoms with Crippen LogP contribution >= 0.6 is 0 Å². The molecule has 2 amide bonds. The van der Waals surface area contributed by atoms with E-state index in [1.54, 1.807) is 24.3 Å². The lowest BCUT2D eigenvalue weighted by atomic mass is 10.0. The molecular weight excluding hydrogens is 349 g/mol. The average molecular weight is 364 g/mol. The summed E-state index contributed by atoms with van der Waals surface area (Å²) in [7, 11) is 1.41. The normalized spacial score (nSPS) is 16.5. The van der Waals surface area contributed by atoms with Gasteiger partial charge in [-0.05, 0) is 24.3 Å². The number of nitrogens with zero attached hydrogens (tertiary/aromatic N) is 1. The second kappa shape index (κ2) is 6.70. The van der Waals surface area contributed by atoms with Crippen molar-refractivity contribution in [2.45, 2.75) is 12.3 Å². The molecule has 2 aromatic carbocycles. The third-order valence-corrected chi connectivity index (χ3v) is 4.02. The second-order valence-corrected chi connectivity index (χ2v) is 5.65. The molecule has 0 saturated carbocycles. The van der Waals surface area contributed by atoms with Crippen LogP contribution in [0.4, 0.5) is 18.9 Å². The molecule has 1 aliphatic heterocycles. The van der Waals surface area contributed by atoms with Gasteiger partial charge in [0.2, 0.25) is 0 Å². The quantitative estimate of drug-likeness (QED) is 0.892. The minimum absolute atomic E-state index is 0.193. The van der Waals surface area contributed by atoms with Gasteiger partial charge in [0, 0.05) is 7.05 Å². The van der Waals surface area contributed by atoms with Crippen molar-refractivity contribution in [3.8, 4) is 5.75 Å². The Hall–Kier alpha value is -3.03. The molecule has 0 aromatic heterocycles. The fourth-order valence-corrected chi connectivity index (χ4v) is 2.79. The number of rotatable bonds is 2. The third-order valence-electron chi connectivity index (χ3n) is 4.02. The van der Waals surface area contributed by atoms with E-state index in [0.29, 0.717) is 5.69 Å². The number of alkyl halides is 3. The van der Waals surface area contributed by atoms with Crippen molar-refractivity contribution in [2.75, 3.05) is 18.5 Å². The highest BCUT2D eigenvalue weighted by molar-refractivity contribution is 6.08. The summed E-state index contributed by atoms with van der Waals surface area (Å²) in [5.74, 6) is -1.06. The molecule has 3 rings (SSSR count). The summed E-state index contributed by atoms with van der Waals surface area (Å²) in [6.07, 6.45) is -5.69. The number of anilines is 1. The van der Waals surface area contributed by atoms with E-state index in [4.69, 9.17) is 4.74 Å². The number of carbonyl (C=O) groups is 2. The van der Waals surface area contributed by atoms with Crippen LogP contribution in [0.25, 0.3) is 0 Å². The summed E-state index contributed by atoms with van der Waals surface area (Å²) in [6, 6.07) is 11.0. The minimum Gasteiger partial charge on any atom is -0.477 e. The van der Waals surface area contributed by atoms with Gasteiger partial charge in [0.15, 0.2) is 6.10 Å². The molecule has 2 aromatic rings. The van der Waals surface area contributed by atoms with Crippen molar-refractivity contribution >= 4 is 17.5 Å². The molecule has 1 unspecified atom stereocenters. The number of amides is 2. The molecular formula is C18H15F3N2O3. The van der Waals surface area contributed by atoms with Crippen LogP contribution in [0.2, 0.25) is 0 Å². The Morgan fingerprint density at radius 2 is 1.77 bits per heavy atom. The summed E-state index contributed by atoms with van der Waals surface area (Å²) in [4.78, 5) is 26.0. The molecule has 26 heavy (non-hydrogen) atoms. The van der Waals surface area contributed by atoms with Gasteiger partial charge in [0.1, 0.15) is 5.75 Å². The van der Waals surface area contributed by atoms with E-state index in [-0.39, 0.29) is 12.3 Å². The minimum atomic E-state index is -4.67. The van der Waals surface area contributed by atoms with Gasteiger partial charge in [-0.1, -0.05) is 24.3 Å². The van der Waals surface area contributed by atoms with Crippen LogP contribution in [0.5, 0.6) is 5.75 Å². The number of fused-ring (bicyclic) bond motifs is 1. The summed E-state index contributed by atoms with van der Waals surface area (Å²) in [5, 5.41) is 2.42. The smallest absolute Gasteiger partial charge is 0.417 e. The van der Waals surface area contributed by atoms with E-state index in [1.807, 2.05) is 0 Å². The van der Waals surface area contributed by atoms with E-state index in [2.05, 4.69) is 5.32 Å². The second-order valence-electron chi connectivity index (χ2n) is 5.65. The van der Waals surface area contributed by atoms with Gasteiger partial charge in [-0.2, -0.15) is 13.2 Å². The zero-order valence-electron chi connectivity index (χ0n) is 13.7. The maximum Gasteiger partial charge on any atom is 0.417 e. The zero-order valence-corrected chi connectivity index (χ0v) is 13.7. The van der Waals surface area contributed by atoms with Crippen molar-refractivity contribution in [1.82, 2.24) is 5.32 Å². The van der Waals surface area contributed by atoms with Crippen LogP contribution < -0.4 is 15.0 Å². The van der Waals surface area contributed by atoms with E-state index >= 15 is 0 Å². The van der Waals surface area contributed by atoms with Gasteiger partial charge in [-0.15, -0.1) is 0 Å². The SMILES string of the molecule is CNC(=O)C1CN(C(=O)c2ccccc2C(F)(F)F)c2ccccc2O1. The Kier molecular flexibility index (Phi) is 4.58. The van der Waals surface area contributed by atoms with Gasteiger partial charge in [0.25, 0.3) is 11.8 Å². The fraction of sp³-hybridized carbons (Fsp3) is 0.222. The topological polar surface area (TPSA) is 58.6 Å². The number of halogens is 3. The highest BCUT2D eigenvalue weighted by Gasteiger charge is 2.39. The van der Waals surface area contributed by atoms with Gasteiger partial charge in [0.05, 0.1) is 23.4 Å². The Bertz CT molecular complexity index is 852. The summed E-state index contributed by atoms with van der Waals surface area (Å²) in [6.45, 7) is -0.193. The molecule has 0 aliphatic carbocycles. The maximum atomic E-state index is 13.3. The van der Waals surface area contributed by atoms with Crippen molar-refractivity contribution in [2.24, 2.45) is 0 Å².